The third kappa shape index (κ3) is 3.58. The number of aliphatic hydroxyl groups excluding tert-OH is 1. The van der Waals surface area contributed by atoms with Crippen molar-refractivity contribution in [2.45, 2.75) is 6.04 Å². The number of halogens is 1. The molecule has 1 heterocycles. The molecule has 3 aromatic rings. The van der Waals surface area contributed by atoms with E-state index in [0.29, 0.717) is 21.3 Å². The summed E-state index contributed by atoms with van der Waals surface area (Å²) >= 11 is 3.36. The van der Waals surface area contributed by atoms with Gasteiger partial charge in [0.05, 0.1) is 28.9 Å². The van der Waals surface area contributed by atoms with Crippen molar-refractivity contribution >= 4 is 39.1 Å². The first kappa shape index (κ1) is 21.5. The Bertz CT molecular complexity index is 1250. The zero-order chi connectivity index (χ0) is 23.0. The molecule has 8 heteroatoms. The second-order valence-corrected chi connectivity index (χ2v) is 7.95. The van der Waals surface area contributed by atoms with E-state index >= 15 is 0 Å². The van der Waals surface area contributed by atoms with Crippen molar-refractivity contribution in [1.29, 1.82) is 0 Å². The minimum Gasteiger partial charge on any atom is -0.508 e. The molecule has 0 saturated carbocycles. The van der Waals surface area contributed by atoms with Crippen molar-refractivity contribution in [1.82, 2.24) is 0 Å². The highest BCUT2D eigenvalue weighted by molar-refractivity contribution is 9.10. The molecule has 0 aliphatic carbocycles. The number of anilines is 1. The molecule has 1 amide bonds. The Morgan fingerprint density at radius 2 is 1.69 bits per heavy atom. The molecule has 3 aromatic carbocycles. The van der Waals surface area contributed by atoms with Gasteiger partial charge >= 0.3 is 0 Å². The van der Waals surface area contributed by atoms with Crippen LogP contribution in [-0.2, 0) is 9.59 Å². The van der Waals surface area contributed by atoms with Gasteiger partial charge in [0.1, 0.15) is 23.0 Å². The maximum Gasteiger partial charge on any atom is 0.300 e. The number of phenols is 2. The molecule has 0 radical (unpaired) electrons. The SMILES string of the molecule is COc1ccc(/C(O)=C2/C(=O)C(=O)N(c3ccccc3O)C2c2ccc(O)cc2)cc1Br. The Balaban J connectivity index is 1.95. The van der Waals surface area contributed by atoms with E-state index in [1.165, 1.54) is 31.4 Å². The van der Waals surface area contributed by atoms with E-state index in [4.69, 9.17) is 4.74 Å². The second-order valence-electron chi connectivity index (χ2n) is 7.10. The minimum absolute atomic E-state index is 0.00680. The number of carbonyl (C=O) groups is 2. The number of aromatic hydroxyl groups is 2. The number of Topliss-reactive ketones (excluding diaryl/α,β-unsaturated/α-hetero) is 1. The number of methoxy groups -OCH3 is 1. The number of hydrogen-bond acceptors (Lipinski definition) is 6. The molecule has 1 aliphatic heterocycles. The Labute approximate surface area is 191 Å². The number of ether oxygens (including phenoxy) is 1. The highest BCUT2D eigenvalue weighted by Gasteiger charge is 2.47. The smallest absolute Gasteiger partial charge is 0.300 e. The lowest BCUT2D eigenvalue weighted by Gasteiger charge is -2.26. The molecule has 1 aliphatic rings. The number of carbonyl (C=O) groups excluding carboxylic acids is 2. The first-order valence-electron chi connectivity index (χ1n) is 9.55. The van der Waals surface area contributed by atoms with E-state index in [1.54, 1.807) is 42.5 Å². The molecular weight excluding hydrogens is 478 g/mol. The van der Waals surface area contributed by atoms with Crippen LogP contribution in [-0.4, -0.2) is 34.1 Å². The first-order chi connectivity index (χ1) is 15.3. The van der Waals surface area contributed by atoms with E-state index in [0.717, 1.165) is 4.90 Å². The van der Waals surface area contributed by atoms with Crippen LogP contribution in [0.2, 0.25) is 0 Å². The molecule has 4 rings (SSSR count). The lowest BCUT2D eigenvalue weighted by Crippen LogP contribution is -2.29. The fourth-order valence-electron chi connectivity index (χ4n) is 3.69. The summed E-state index contributed by atoms with van der Waals surface area (Å²) < 4.78 is 5.76. The molecule has 0 aromatic heterocycles. The van der Waals surface area contributed by atoms with Gasteiger partial charge in [-0.05, 0) is 64.0 Å². The first-order valence-corrected chi connectivity index (χ1v) is 10.3. The Hall–Kier alpha value is -3.78. The Morgan fingerprint density at radius 3 is 2.31 bits per heavy atom. The van der Waals surface area contributed by atoms with Crippen LogP contribution in [0, 0.1) is 0 Å². The van der Waals surface area contributed by atoms with Crippen LogP contribution < -0.4 is 9.64 Å². The molecule has 162 valence electrons. The maximum absolute atomic E-state index is 13.1. The molecule has 0 spiro atoms. The predicted molar refractivity (Wildman–Crippen MR) is 122 cm³/mol. The molecule has 1 unspecified atom stereocenters. The zero-order valence-corrected chi connectivity index (χ0v) is 18.4. The van der Waals surface area contributed by atoms with E-state index in [2.05, 4.69) is 15.9 Å². The summed E-state index contributed by atoms with van der Waals surface area (Å²) in [4.78, 5) is 27.3. The molecule has 1 saturated heterocycles. The summed E-state index contributed by atoms with van der Waals surface area (Å²) in [5.74, 6) is -1.80. The summed E-state index contributed by atoms with van der Waals surface area (Å²) in [5, 5.41) is 31.2. The van der Waals surface area contributed by atoms with Crippen molar-refractivity contribution in [3.8, 4) is 17.2 Å². The van der Waals surface area contributed by atoms with Gasteiger partial charge in [-0.1, -0.05) is 24.3 Å². The number of hydrogen-bond donors (Lipinski definition) is 3. The number of aliphatic hydroxyl groups is 1. The Morgan fingerprint density at radius 1 is 1.00 bits per heavy atom. The summed E-state index contributed by atoms with van der Waals surface area (Å²) in [7, 11) is 1.50. The molecule has 1 atom stereocenters. The third-order valence-corrected chi connectivity index (χ3v) is 5.84. The van der Waals surface area contributed by atoms with Gasteiger partial charge in [-0.3, -0.25) is 14.5 Å². The summed E-state index contributed by atoms with van der Waals surface area (Å²) in [6.45, 7) is 0. The Kier molecular flexibility index (Phi) is 5.63. The zero-order valence-electron chi connectivity index (χ0n) is 16.8. The topological polar surface area (TPSA) is 107 Å². The lowest BCUT2D eigenvalue weighted by atomic mass is 9.95. The van der Waals surface area contributed by atoms with Gasteiger partial charge < -0.3 is 20.1 Å². The van der Waals surface area contributed by atoms with Crippen molar-refractivity contribution in [2.24, 2.45) is 0 Å². The summed E-state index contributed by atoms with van der Waals surface area (Å²) in [5.41, 5.74) is 0.764. The van der Waals surface area contributed by atoms with E-state index in [-0.39, 0.29) is 28.5 Å². The minimum atomic E-state index is -1.02. The molecule has 7 nitrogen and oxygen atoms in total. The molecule has 1 fully saturated rings. The number of rotatable bonds is 4. The van der Waals surface area contributed by atoms with Gasteiger partial charge in [-0.2, -0.15) is 0 Å². The average Bonchev–Trinajstić information content (AvgIpc) is 3.04. The van der Waals surface area contributed by atoms with Gasteiger partial charge in [-0.25, -0.2) is 0 Å². The van der Waals surface area contributed by atoms with Crippen molar-refractivity contribution in [3.63, 3.8) is 0 Å². The largest absolute Gasteiger partial charge is 0.508 e. The van der Waals surface area contributed by atoms with Crippen LogP contribution in [0.4, 0.5) is 5.69 Å². The van der Waals surface area contributed by atoms with E-state index in [9.17, 15) is 24.9 Å². The number of ketones is 1. The van der Waals surface area contributed by atoms with Gasteiger partial charge in [0, 0.05) is 5.56 Å². The number of amides is 1. The van der Waals surface area contributed by atoms with Crippen LogP contribution in [0.25, 0.3) is 5.76 Å². The number of benzene rings is 3. The van der Waals surface area contributed by atoms with Crippen LogP contribution in [0.15, 0.2) is 76.8 Å². The second kappa shape index (κ2) is 8.39. The van der Waals surface area contributed by atoms with Crippen LogP contribution in [0.5, 0.6) is 17.2 Å². The van der Waals surface area contributed by atoms with Gasteiger partial charge in [0.2, 0.25) is 0 Å². The quantitative estimate of drug-likeness (QED) is 0.279. The monoisotopic (exact) mass is 495 g/mol. The molecule has 3 N–H and O–H groups in total. The fraction of sp³-hybridized carbons (Fsp3) is 0.0833. The van der Waals surface area contributed by atoms with Gasteiger partial charge in [-0.15, -0.1) is 0 Å². The van der Waals surface area contributed by atoms with E-state index < -0.39 is 17.7 Å². The average molecular weight is 496 g/mol. The number of para-hydroxylation sites is 2. The highest BCUT2D eigenvalue weighted by Crippen LogP contribution is 2.45. The highest BCUT2D eigenvalue weighted by atomic mass is 79.9. The lowest BCUT2D eigenvalue weighted by molar-refractivity contribution is -0.132. The van der Waals surface area contributed by atoms with Crippen molar-refractivity contribution in [3.05, 3.63) is 87.9 Å². The van der Waals surface area contributed by atoms with Gasteiger partial charge in [0.25, 0.3) is 11.7 Å². The molecular formula is C24H18BrNO6. The van der Waals surface area contributed by atoms with E-state index in [1.807, 2.05) is 0 Å². The third-order valence-electron chi connectivity index (χ3n) is 5.22. The van der Waals surface area contributed by atoms with Crippen LogP contribution in [0.3, 0.4) is 0 Å². The van der Waals surface area contributed by atoms with Gasteiger partial charge in [0.15, 0.2) is 0 Å². The maximum atomic E-state index is 13.1. The normalized spacial score (nSPS) is 17.6. The molecule has 32 heavy (non-hydrogen) atoms. The number of nitrogens with zero attached hydrogens (tertiary/aromatic N) is 1. The fourth-order valence-corrected chi connectivity index (χ4v) is 4.23. The molecule has 0 bridgehead atoms. The van der Waals surface area contributed by atoms with Crippen LogP contribution in [0.1, 0.15) is 17.2 Å². The summed E-state index contributed by atoms with van der Waals surface area (Å²) in [6, 6.07) is 15.8. The predicted octanol–water partition coefficient (Wildman–Crippen LogP) is 4.50. The van der Waals surface area contributed by atoms with Crippen LogP contribution >= 0.6 is 15.9 Å². The van der Waals surface area contributed by atoms with Crippen molar-refractivity contribution < 1.29 is 29.6 Å². The summed E-state index contributed by atoms with van der Waals surface area (Å²) in [6.07, 6.45) is 0. The number of phenolic OH excluding ortho intramolecular Hbond substituents is 2. The standard InChI is InChI=1S/C24H18BrNO6/c1-32-19-11-8-14(12-16(19)25)22(29)20-21(13-6-9-15(27)10-7-13)26(24(31)23(20)30)17-4-2-3-5-18(17)28/h2-12,21,27-29H,1H3/b22-20-. The van der Waals surface area contributed by atoms with Crippen molar-refractivity contribution in [2.75, 3.05) is 12.0 Å².